The Balaban J connectivity index is 2.29. The highest BCUT2D eigenvalue weighted by Gasteiger charge is 2.51. The molecule has 100 valence electrons. The fourth-order valence-corrected chi connectivity index (χ4v) is 2.93. The smallest absolute Gasteiger partial charge is 0.334 e. The Bertz CT molecular complexity index is 388. The monoisotopic (exact) mass is 256 g/mol. The summed E-state index contributed by atoms with van der Waals surface area (Å²) in [6.45, 7) is 0. The van der Waals surface area contributed by atoms with Gasteiger partial charge in [-0.05, 0) is 12.8 Å². The Labute approximate surface area is 105 Å². The van der Waals surface area contributed by atoms with Crippen molar-refractivity contribution in [2.24, 2.45) is 17.8 Å². The van der Waals surface area contributed by atoms with E-state index in [1.165, 1.54) is 20.5 Å². The van der Waals surface area contributed by atoms with Gasteiger partial charge in [0.05, 0.1) is 24.9 Å². The standard InChI is InChI=1S/C12H16O6/c1-16-11(15)7-4-3-6-8(10(13)14)5-18-12(17-2)9(6)7/h5-7,9,12H,3-4H2,1-2H3,(H,13,14). The summed E-state index contributed by atoms with van der Waals surface area (Å²) in [6.07, 6.45) is 1.86. The van der Waals surface area contributed by atoms with Crippen LogP contribution < -0.4 is 0 Å². The topological polar surface area (TPSA) is 82.1 Å². The lowest BCUT2D eigenvalue weighted by Gasteiger charge is -2.33. The fraction of sp³-hybridized carbons (Fsp3) is 0.667. The quantitative estimate of drug-likeness (QED) is 0.751. The first-order chi connectivity index (χ1) is 8.60. The zero-order valence-electron chi connectivity index (χ0n) is 10.3. The van der Waals surface area contributed by atoms with Gasteiger partial charge in [0.25, 0.3) is 0 Å². The number of fused-ring (bicyclic) bond motifs is 1. The summed E-state index contributed by atoms with van der Waals surface area (Å²) in [5, 5.41) is 9.12. The van der Waals surface area contributed by atoms with E-state index in [1.54, 1.807) is 0 Å². The van der Waals surface area contributed by atoms with Crippen LogP contribution in [0.15, 0.2) is 11.8 Å². The largest absolute Gasteiger partial charge is 0.478 e. The number of hydrogen-bond donors (Lipinski definition) is 1. The highest BCUT2D eigenvalue weighted by Crippen LogP contribution is 2.47. The van der Waals surface area contributed by atoms with Gasteiger partial charge in [0.2, 0.25) is 6.29 Å². The number of carbonyl (C=O) groups is 2. The van der Waals surface area contributed by atoms with E-state index in [2.05, 4.69) is 0 Å². The van der Waals surface area contributed by atoms with E-state index in [9.17, 15) is 9.59 Å². The van der Waals surface area contributed by atoms with Gasteiger partial charge in [-0.3, -0.25) is 4.79 Å². The molecule has 0 bridgehead atoms. The first-order valence-corrected chi connectivity index (χ1v) is 5.79. The van der Waals surface area contributed by atoms with Gasteiger partial charge >= 0.3 is 11.9 Å². The van der Waals surface area contributed by atoms with Gasteiger partial charge in [-0.2, -0.15) is 0 Å². The molecule has 0 amide bonds. The van der Waals surface area contributed by atoms with Crippen molar-refractivity contribution in [2.75, 3.05) is 14.2 Å². The van der Waals surface area contributed by atoms with Crippen LogP contribution >= 0.6 is 0 Å². The van der Waals surface area contributed by atoms with E-state index in [0.717, 1.165) is 0 Å². The second-order valence-corrected chi connectivity index (χ2v) is 4.51. The molecule has 0 radical (unpaired) electrons. The molecule has 1 N–H and O–H groups in total. The Morgan fingerprint density at radius 1 is 1.39 bits per heavy atom. The van der Waals surface area contributed by atoms with Crippen molar-refractivity contribution in [2.45, 2.75) is 19.1 Å². The molecule has 6 nitrogen and oxygen atoms in total. The lowest BCUT2D eigenvalue weighted by molar-refractivity contribution is -0.169. The summed E-state index contributed by atoms with van der Waals surface area (Å²) in [6, 6.07) is 0. The molecule has 1 aliphatic heterocycles. The lowest BCUT2D eigenvalue weighted by atomic mass is 9.83. The number of carboxylic acid groups (broad SMARTS) is 1. The zero-order chi connectivity index (χ0) is 13.3. The van der Waals surface area contributed by atoms with Gasteiger partial charge in [0.15, 0.2) is 0 Å². The minimum absolute atomic E-state index is 0.208. The molecule has 1 saturated carbocycles. The number of aliphatic carboxylic acids is 1. The van der Waals surface area contributed by atoms with E-state index < -0.39 is 12.3 Å². The molecule has 2 rings (SSSR count). The van der Waals surface area contributed by atoms with E-state index >= 15 is 0 Å². The van der Waals surface area contributed by atoms with Crippen molar-refractivity contribution >= 4 is 11.9 Å². The summed E-state index contributed by atoms with van der Waals surface area (Å²) in [4.78, 5) is 22.8. The third-order valence-electron chi connectivity index (χ3n) is 3.74. The molecule has 18 heavy (non-hydrogen) atoms. The number of methoxy groups -OCH3 is 2. The maximum Gasteiger partial charge on any atom is 0.334 e. The van der Waals surface area contributed by atoms with Crippen molar-refractivity contribution in [3.8, 4) is 0 Å². The summed E-state index contributed by atoms with van der Waals surface area (Å²) < 4.78 is 15.2. The first-order valence-electron chi connectivity index (χ1n) is 5.79. The Morgan fingerprint density at radius 2 is 2.11 bits per heavy atom. The molecular weight excluding hydrogens is 240 g/mol. The first kappa shape index (κ1) is 12.9. The zero-order valence-corrected chi connectivity index (χ0v) is 10.3. The molecule has 0 spiro atoms. The molecule has 0 saturated heterocycles. The molecule has 0 aromatic carbocycles. The highest BCUT2D eigenvalue weighted by atomic mass is 16.7. The van der Waals surface area contributed by atoms with Crippen LogP contribution in [-0.2, 0) is 23.8 Å². The maximum atomic E-state index is 11.7. The summed E-state index contributed by atoms with van der Waals surface area (Å²) in [5.74, 6) is -2.22. The molecule has 0 aromatic rings. The predicted octanol–water partition coefficient (Wildman–Crippen LogP) is 0.773. The van der Waals surface area contributed by atoms with Gasteiger partial charge < -0.3 is 19.3 Å². The number of rotatable bonds is 3. The van der Waals surface area contributed by atoms with Gasteiger partial charge in [-0.1, -0.05) is 0 Å². The highest BCUT2D eigenvalue weighted by molar-refractivity contribution is 5.87. The van der Waals surface area contributed by atoms with Crippen LogP contribution in [0.1, 0.15) is 12.8 Å². The summed E-state index contributed by atoms with van der Waals surface area (Å²) in [7, 11) is 2.81. The van der Waals surface area contributed by atoms with Crippen molar-refractivity contribution < 1.29 is 28.9 Å². The van der Waals surface area contributed by atoms with Crippen molar-refractivity contribution in [1.29, 1.82) is 0 Å². The average molecular weight is 256 g/mol. The van der Waals surface area contributed by atoms with E-state index in [-0.39, 0.29) is 29.3 Å². The van der Waals surface area contributed by atoms with Crippen molar-refractivity contribution in [3.63, 3.8) is 0 Å². The average Bonchev–Trinajstić information content (AvgIpc) is 2.81. The fourth-order valence-electron chi connectivity index (χ4n) is 2.93. The number of esters is 1. The van der Waals surface area contributed by atoms with Gasteiger partial charge in [0.1, 0.15) is 0 Å². The number of carboxylic acids is 1. The Hall–Kier alpha value is -1.56. The normalized spacial score (nSPS) is 34.2. The van der Waals surface area contributed by atoms with Crippen LogP contribution in [0.25, 0.3) is 0 Å². The summed E-state index contributed by atoms with van der Waals surface area (Å²) in [5.41, 5.74) is 0.208. The van der Waals surface area contributed by atoms with Crippen molar-refractivity contribution in [1.82, 2.24) is 0 Å². The molecule has 2 aliphatic rings. The van der Waals surface area contributed by atoms with E-state index in [1.807, 2.05) is 0 Å². The minimum Gasteiger partial charge on any atom is -0.478 e. The molecule has 6 heteroatoms. The van der Waals surface area contributed by atoms with Gasteiger partial charge in [-0.15, -0.1) is 0 Å². The Morgan fingerprint density at radius 3 is 2.67 bits per heavy atom. The van der Waals surface area contributed by atoms with Crippen LogP contribution in [0.5, 0.6) is 0 Å². The second kappa shape index (κ2) is 4.97. The van der Waals surface area contributed by atoms with Gasteiger partial charge in [0, 0.05) is 18.9 Å². The minimum atomic E-state index is -1.01. The van der Waals surface area contributed by atoms with Crippen LogP contribution in [-0.4, -0.2) is 37.6 Å². The third kappa shape index (κ3) is 1.96. The Kier molecular flexibility index (Phi) is 3.56. The van der Waals surface area contributed by atoms with E-state index in [0.29, 0.717) is 12.8 Å². The lowest BCUT2D eigenvalue weighted by Crippen LogP contribution is -2.39. The second-order valence-electron chi connectivity index (χ2n) is 4.51. The molecule has 1 fully saturated rings. The predicted molar refractivity (Wildman–Crippen MR) is 59.3 cm³/mol. The number of hydrogen-bond acceptors (Lipinski definition) is 5. The molecule has 1 aliphatic carbocycles. The molecule has 1 heterocycles. The SMILES string of the molecule is COC(=O)C1CCC2C(C(=O)O)=COC(OC)C12. The van der Waals surface area contributed by atoms with E-state index in [4.69, 9.17) is 19.3 Å². The van der Waals surface area contributed by atoms with Crippen LogP contribution in [0.3, 0.4) is 0 Å². The molecule has 4 unspecified atom stereocenters. The van der Waals surface area contributed by atoms with Gasteiger partial charge in [-0.25, -0.2) is 4.79 Å². The summed E-state index contributed by atoms with van der Waals surface area (Å²) >= 11 is 0. The van der Waals surface area contributed by atoms with Crippen LogP contribution in [0.2, 0.25) is 0 Å². The molecule has 0 aromatic heterocycles. The van der Waals surface area contributed by atoms with Crippen molar-refractivity contribution in [3.05, 3.63) is 11.8 Å². The van der Waals surface area contributed by atoms with Crippen LogP contribution in [0.4, 0.5) is 0 Å². The molecule has 4 atom stereocenters. The van der Waals surface area contributed by atoms with Crippen LogP contribution in [0, 0.1) is 17.8 Å². The molecular formula is C12H16O6. The maximum absolute atomic E-state index is 11.7. The number of carbonyl (C=O) groups excluding carboxylic acids is 1. The number of ether oxygens (including phenoxy) is 3. The third-order valence-corrected chi connectivity index (χ3v) is 3.74.